The first-order chi connectivity index (χ1) is 16.6. The van der Waals surface area contributed by atoms with Gasteiger partial charge in [0.25, 0.3) is 5.91 Å². The van der Waals surface area contributed by atoms with Gasteiger partial charge in [0, 0.05) is 38.0 Å². The molecule has 12 heteroatoms. The highest BCUT2D eigenvalue weighted by Crippen LogP contribution is 2.30. The van der Waals surface area contributed by atoms with E-state index in [4.69, 9.17) is 14.2 Å². The number of hydrogen-bond acceptors (Lipinski definition) is 11. The molecular formula is C22H27N7O4S. The Kier molecular flexibility index (Phi) is 7.70. The van der Waals surface area contributed by atoms with Crippen molar-refractivity contribution in [2.45, 2.75) is 25.5 Å². The third-order valence-corrected chi connectivity index (χ3v) is 6.07. The molecule has 2 aromatic heterocycles. The molecule has 34 heavy (non-hydrogen) atoms. The highest BCUT2D eigenvalue weighted by atomic mass is 32.1. The van der Waals surface area contributed by atoms with Crippen molar-refractivity contribution < 1.29 is 19.0 Å². The predicted octanol–water partition coefficient (Wildman–Crippen LogP) is 2.75. The summed E-state index contributed by atoms with van der Waals surface area (Å²) in [6.45, 7) is 3.84. The molecule has 0 aliphatic carbocycles. The second-order valence-corrected chi connectivity index (χ2v) is 8.52. The summed E-state index contributed by atoms with van der Waals surface area (Å²) < 4.78 is 16.4. The standard InChI is InChI=1S/C22H27N7O4S/c1-4-33-19(14-10-16(31-2)12-17(11-14)32-3)20(30)25-22-28-27-21(34-22)24-15-7-9-29(13-15)18-6-5-8-23-26-18/h5-6,8,10-12,15,19H,4,7,9,13H2,1-3H3,(H,24,27)(H,25,28,30)/t15-,19+/m1/s1. The molecule has 1 aliphatic heterocycles. The number of ether oxygens (including phenoxy) is 3. The van der Waals surface area contributed by atoms with Crippen LogP contribution in [0.15, 0.2) is 36.5 Å². The number of methoxy groups -OCH3 is 2. The number of nitrogens with zero attached hydrogens (tertiary/aromatic N) is 5. The minimum Gasteiger partial charge on any atom is -0.497 e. The molecule has 2 atom stereocenters. The van der Waals surface area contributed by atoms with Crippen LogP contribution in [0.2, 0.25) is 0 Å². The van der Waals surface area contributed by atoms with Crippen LogP contribution < -0.4 is 25.0 Å². The summed E-state index contributed by atoms with van der Waals surface area (Å²) in [7, 11) is 3.11. The van der Waals surface area contributed by atoms with Gasteiger partial charge in [-0.05, 0) is 43.2 Å². The van der Waals surface area contributed by atoms with E-state index in [0.29, 0.717) is 33.9 Å². The summed E-state index contributed by atoms with van der Waals surface area (Å²) in [5.41, 5.74) is 0.619. The molecule has 0 radical (unpaired) electrons. The van der Waals surface area contributed by atoms with Crippen molar-refractivity contribution in [3.8, 4) is 11.5 Å². The van der Waals surface area contributed by atoms with Gasteiger partial charge >= 0.3 is 0 Å². The normalized spacial score (nSPS) is 16.2. The van der Waals surface area contributed by atoms with Gasteiger partial charge in [0.05, 0.1) is 14.2 Å². The Balaban J connectivity index is 1.39. The van der Waals surface area contributed by atoms with Crippen molar-refractivity contribution in [3.63, 3.8) is 0 Å². The molecule has 1 amide bonds. The lowest BCUT2D eigenvalue weighted by atomic mass is 10.1. The van der Waals surface area contributed by atoms with E-state index in [0.717, 1.165) is 25.3 Å². The monoisotopic (exact) mass is 485 g/mol. The Morgan fingerprint density at radius 2 is 1.94 bits per heavy atom. The Labute approximate surface area is 201 Å². The molecule has 0 spiro atoms. The van der Waals surface area contributed by atoms with Crippen molar-refractivity contribution in [2.75, 3.05) is 49.4 Å². The summed E-state index contributed by atoms with van der Waals surface area (Å²) in [6.07, 6.45) is 1.74. The first kappa shape index (κ1) is 23.6. The Bertz CT molecular complexity index is 1080. The number of carbonyl (C=O) groups is 1. The number of nitrogens with one attached hydrogen (secondary N) is 2. The minimum atomic E-state index is -0.857. The van der Waals surface area contributed by atoms with Crippen molar-refractivity contribution in [1.29, 1.82) is 0 Å². The predicted molar refractivity (Wildman–Crippen MR) is 129 cm³/mol. The smallest absolute Gasteiger partial charge is 0.259 e. The number of carbonyl (C=O) groups excluding carboxylic acids is 1. The van der Waals surface area contributed by atoms with Crippen LogP contribution >= 0.6 is 11.3 Å². The van der Waals surface area contributed by atoms with Crippen LogP contribution in [0.4, 0.5) is 16.1 Å². The van der Waals surface area contributed by atoms with E-state index in [2.05, 4.69) is 35.9 Å². The van der Waals surface area contributed by atoms with Gasteiger partial charge in [0.2, 0.25) is 10.3 Å². The molecule has 4 rings (SSSR count). The van der Waals surface area contributed by atoms with Crippen LogP contribution in [-0.4, -0.2) is 66.3 Å². The van der Waals surface area contributed by atoms with Crippen LogP contribution in [0.5, 0.6) is 11.5 Å². The fourth-order valence-electron chi connectivity index (χ4n) is 3.70. The molecule has 1 fully saturated rings. The maximum absolute atomic E-state index is 13.0. The van der Waals surface area contributed by atoms with Gasteiger partial charge < -0.3 is 24.4 Å². The van der Waals surface area contributed by atoms with E-state index >= 15 is 0 Å². The largest absolute Gasteiger partial charge is 0.497 e. The van der Waals surface area contributed by atoms with E-state index in [-0.39, 0.29) is 11.9 Å². The fourth-order valence-corrected chi connectivity index (χ4v) is 4.42. The summed E-state index contributed by atoms with van der Waals surface area (Å²) in [6, 6.07) is 9.25. The van der Waals surface area contributed by atoms with Gasteiger partial charge in [-0.3, -0.25) is 10.1 Å². The third kappa shape index (κ3) is 5.69. The van der Waals surface area contributed by atoms with Crippen molar-refractivity contribution in [2.24, 2.45) is 0 Å². The minimum absolute atomic E-state index is 0.193. The molecule has 0 unspecified atom stereocenters. The summed E-state index contributed by atoms with van der Waals surface area (Å²) in [4.78, 5) is 15.2. The lowest BCUT2D eigenvalue weighted by Gasteiger charge is -2.18. The van der Waals surface area contributed by atoms with Crippen molar-refractivity contribution >= 4 is 33.3 Å². The quantitative estimate of drug-likeness (QED) is 0.443. The van der Waals surface area contributed by atoms with Crippen molar-refractivity contribution in [3.05, 3.63) is 42.1 Å². The number of benzene rings is 1. The topological polar surface area (TPSA) is 124 Å². The molecule has 1 saturated heterocycles. The maximum atomic E-state index is 13.0. The Morgan fingerprint density at radius 1 is 1.18 bits per heavy atom. The van der Waals surface area contributed by atoms with Crippen LogP contribution in [0.1, 0.15) is 25.0 Å². The summed E-state index contributed by atoms with van der Waals surface area (Å²) in [5.74, 6) is 1.64. The van der Waals surface area contributed by atoms with Gasteiger partial charge in [0.15, 0.2) is 11.9 Å². The van der Waals surface area contributed by atoms with Gasteiger partial charge in [-0.25, -0.2) is 0 Å². The molecule has 3 aromatic rings. The van der Waals surface area contributed by atoms with Gasteiger partial charge in [-0.15, -0.1) is 15.3 Å². The number of aromatic nitrogens is 4. The van der Waals surface area contributed by atoms with Gasteiger partial charge in [-0.1, -0.05) is 11.3 Å². The van der Waals surface area contributed by atoms with E-state index in [1.165, 1.54) is 11.3 Å². The highest BCUT2D eigenvalue weighted by molar-refractivity contribution is 7.19. The average Bonchev–Trinajstić information content (AvgIpc) is 3.52. The average molecular weight is 486 g/mol. The molecule has 3 heterocycles. The van der Waals surface area contributed by atoms with E-state index in [1.807, 2.05) is 19.1 Å². The third-order valence-electron chi connectivity index (χ3n) is 5.30. The molecule has 0 saturated carbocycles. The molecule has 1 aliphatic rings. The van der Waals surface area contributed by atoms with E-state index < -0.39 is 6.10 Å². The van der Waals surface area contributed by atoms with E-state index in [1.54, 1.807) is 38.6 Å². The zero-order chi connectivity index (χ0) is 23.9. The van der Waals surface area contributed by atoms with E-state index in [9.17, 15) is 4.79 Å². The first-order valence-corrected chi connectivity index (χ1v) is 11.7. The summed E-state index contributed by atoms with van der Waals surface area (Å²) >= 11 is 1.27. The molecule has 1 aromatic carbocycles. The lowest BCUT2D eigenvalue weighted by molar-refractivity contribution is -0.127. The molecular weight excluding hydrogens is 458 g/mol. The van der Waals surface area contributed by atoms with Crippen LogP contribution in [-0.2, 0) is 9.53 Å². The fraction of sp³-hybridized carbons (Fsp3) is 0.409. The zero-order valence-corrected chi connectivity index (χ0v) is 20.0. The Morgan fingerprint density at radius 3 is 2.62 bits per heavy atom. The number of rotatable bonds is 10. The molecule has 180 valence electrons. The second kappa shape index (κ2) is 11.1. The SMILES string of the molecule is CCO[C@H](C(=O)Nc1nnc(N[C@@H]2CCN(c3cccnn3)C2)s1)c1cc(OC)cc(OC)c1. The molecule has 2 N–H and O–H groups in total. The first-order valence-electron chi connectivity index (χ1n) is 10.9. The number of hydrogen-bond donors (Lipinski definition) is 2. The number of anilines is 3. The highest BCUT2D eigenvalue weighted by Gasteiger charge is 2.26. The Hall–Kier alpha value is -3.51. The molecule has 11 nitrogen and oxygen atoms in total. The van der Waals surface area contributed by atoms with Crippen LogP contribution in [0.3, 0.4) is 0 Å². The molecule has 0 bridgehead atoms. The van der Waals surface area contributed by atoms with Crippen LogP contribution in [0, 0.1) is 0 Å². The van der Waals surface area contributed by atoms with Crippen LogP contribution in [0.25, 0.3) is 0 Å². The van der Waals surface area contributed by atoms with Gasteiger partial charge in [-0.2, -0.15) is 5.10 Å². The maximum Gasteiger partial charge on any atom is 0.259 e. The summed E-state index contributed by atoms with van der Waals surface area (Å²) in [5, 5.41) is 23.6. The van der Waals surface area contributed by atoms with Crippen molar-refractivity contribution in [1.82, 2.24) is 20.4 Å². The lowest BCUT2D eigenvalue weighted by Crippen LogP contribution is -2.26. The second-order valence-electron chi connectivity index (χ2n) is 7.54. The van der Waals surface area contributed by atoms with Gasteiger partial charge in [0.1, 0.15) is 11.5 Å². The number of amides is 1. The zero-order valence-electron chi connectivity index (χ0n) is 19.2.